The van der Waals surface area contributed by atoms with Crippen molar-refractivity contribution in [2.24, 2.45) is 0 Å². The van der Waals surface area contributed by atoms with Gasteiger partial charge in [-0.15, -0.1) is 0 Å². The Morgan fingerprint density at radius 3 is 1.90 bits per heavy atom. The number of carbonyl (C=O) groups is 1. The van der Waals surface area contributed by atoms with E-state index in [0.29, 0.717) is 10.0 Å². The molecule has 0 unspecified atom stereocenters. The van der Waals surface area contributed by atoms with Crippen LogP contribution in [0.5, 0.6) is 11.5 Å². The van der Waals surface area contributed by atoms with Crippen LogP contribution in [-0.2, 0) is 4.79 Å². The zero-order valence-corrected chi connectivity index (χ0v) is 14.2. The summed E-state index contributed by atoms with van der Waals surface area (Å²) in [6.07, 6.45) is 0.750. The van der Waals surface area contributed by atoms with Gasteiger partial charge in [-0.1, -0.05) is 43.1 Å². The zero-order chi connectivity index (χ0) is 16.3. The second-order valence-corrected chi connectivity index (χ2v) is 4.55. The van der Waals surface area contributed by atoms with Crippen molar-refractivity contribution in [2.75, 3.05) is 0 Å². The minimum Gasteiger partial charge on any atom is -0.457 e. The molecule has 0 spiro atoms. The van der Waals surface area contributed by atoms with E-state index in [1.165, 1.54) is 6.92 Å². The summed E-state index contributed by atoms with van der Waals surface area (Å²) in [6.45, 7) is 7.40. The van der Waals surface area contributed by atoms with Gasteiger partial charge >= 0.3 is 0 Å². The van der Waals surface area contributed by atoms with E-state index in [1.807, 2.05) is 45.0 Å². The highest BCUT2D eigenvalue weighted by molar-refractivity contribution is 6.31. The number of aldehydes is 1. The van der Waals surface area contributed by atoms with Gasteiger partial charge < -0.3 is 9.53 Å². The summed E-state index contributed by atoms with van der Waals surface area (Å²) < 4.78 is 5.63. The van der Waals surface area contributed by atoms with E-state index in [-0.39, 0.29) is 0 Å². The fourth-order valence-electron chi connectivity index (χ4n) is 1.28. The highest BCUT2D eigenvalue weighted by Gasteiger charge is 2.00. The molecule has 0 saturated carbocycles. The van der Waals surface area contributed by atoms with E-state index in [2.05, 4.69) is 0 Å². The summed E-state index contributed by atoms with van der Waals surface area (Å²) >= 11 is 11.8. The molecule has 2 rings (SSSR count). The fourth-order valence-corrected chi connectivity index (χ4v) is 1.57. The Kier molecular flexibility index (Phi) is 10.4. The minimum atomic E-state index is 0.689. The number of rotatable bonds is 2. The number of ether oxygens (including phenoxy) is 1. The maximum Gasteiger partial charge on any atom is 0.128 e. The average molecular weight is 327 g/mol. The third kappa shape index (κ3) is 7.74. The van der Waals surface area contributed by atoms with Gasteiger partial charge in [0.05, 0.1) is 0 Å². The first-order valence-electron chi connectivity index (χ1n) is 6.66. The van der Waals surface area contributed by atoms with Crippen molar-refractivity contribution in [3.05, 3.63) is 58.1 Å². The van der Waals surface area contributed by atoms with Crippen molar-refractivity contribution >= 4 is 29.5 Å². The lowest BCUT2D eigenvalue weighted by Crippen LogP contribution is -1.84. The Bertz CT molecular complexity index is 537. The first kappa shape index (κ1) is 19.5. The first-order valence-corrected chi connectivity index (χ1v) is 7.41. The standard InChI is InChI=1S/C13H10Cl2O.C2H4O.C2H6/c1-9-2-5-12(8-13(9)15)16-11-6-3-10(14)4-7-11;1-2-3;1-2/h2-8H,1H3;2H,1H3;1-2H3. The van der Waals surface area contributed by atoms with Crippen LogP contribution in [0.4, 0.5) is 0 Å². The second kappa shape index (κ2) is 11.2. The molecule has 114 valence electrons. The lowest BCUT2D eigenvalue weighted by Gasteiger charge is -2.06. The molecule has 2 aromatic carbocycles. The van der Waals surface area contributed by atoms with Gasteiger partial charge in [0.2, 0.25) is 0 Å². The number of halogens is 2. The molecule has 0 bridgehead atoms. The molecule has 0 aromatic heterocycles. The van der Waals surface area contributed by atoms with Crippen LogP contribution >= 0.6 is 23.2 Å². The predicted octanol–water partition coefficient (Wildman–Crippen LogP) is 6.33. The van der Waals surface area contributed by atoms with Crippen molar-refractivity contribution in [1.29, 1.82) is 0 Å². The molecule has 21 heavy (non-hydrogen) atoms. The smallest absolute Gasteiger partial charge is 0.128 e. The Morgan fingerprint density at radius 1 is 0.952 bits per heavy atom. The number of hydrogen-bond donors (Lipinski definition) is 0. The third-order valence-electron chi connectivity index (χ3n) is 2.19. The van der Waals surface area contributed by atoms with Gasteiger partial charge in [-0.3, -0.25) is 0 Å². The van der Waals surface area contributed by atoms with Gasteiger partial charge in [-0.05, 0) is 55.8 Å². The molecule has 0 radical (unpaired) electrons. The number of carbonyl (C=O) groups excluding carboxylic acids is 1. The Hall–Kier alpha value is -1.51. The summed E-state index contributed by atoms with van der Waals surface area (Å²) in [5.41, 5.74) is 1.03. The van der Waals surface area contributed by atoms with Gasteiger partial charge in [0, 0.05) is 10.0 Å². The summed E-state index contributed by atoms with van der Waals surface area (Å²) in [4.78, 5) is 8.81. The van der Waals surface area contributed by atoms with Crippen LogP contribution in [0, 0.1) is 6.92 Å². The normalized spacial score (nSPS) is 8.67. The summed E-state index contributed by atoms with van der Waals surface area (Å²) in [5.74, 6) is 1.46. The number of aryl methyl sites for hydroxylation is 1. The van der Waals surface area contributed by atoms with Gasteiger partial charge in [0.1, 0.15) is 17.8 Å². The van der Waals surface area contributed by atoms with E-state index >= 15 is 0 Å². The maximum absolute atomic E-state index is 8.81. The molecule has 2 aromatic rings. The molecule has 0 fully saturated rings. The Labute approximate surface area is 136 Å². The van der Waals surface area contributed by atoms with E-state index < -0.39 is 0 Å². The molecule has 0 aliphatic rings. The van der Waals surface area contributed by atoms with Gasteiger partial charge in [0.25, 0.3) is 0 Å². The number of hydrogen-bond acceptors (Lipinski definition) is 2. The molecule has 0 atom stereocenters. The van der Waals surface area contributed by atoms with Crippen LogP contribution in [0.25, 0.3) is 0 Å². The maximum atomic E-state index is 8.81. The SMILES string of the molecule is CC.CC=O.Cc1ccc(Oc2ccc(Cl)cc2)cc1Cl. The summed E-state index contributed by atoms with van der Waals surface area (Å²) in [7, 11) is 0. The second-order valence-electron chi connectivity index (χ2n) is 3.70. The summed E-state index contributed by atoms with van der Waals surface area (Å²) in [5, 5.41) is 1.39. The van der Waals surface area contributed by atoms with Gasteiger partial charge in [-0.2, -0.15) is 0 Å². The molecule has 0 N–H and O–H groups in total. The van der Waals surface area contributed by atoms with Gasteiger partial charge in [-0.25, -0.2) is 0 Å². The molecule has 0 aliphatic carbocycles. The fraction of sp³-hybridized carbons (Fsp3) is 0.235. The highest BCUT2D eigenvalue weighted by atomic mass is 35.5. The lowest BCUT2D eigenvalue weighted by molar-refractivity contribution is -0.106. The van der Waals surface area contributed by atoms with Crippen molar-refractivity contribution in [2.45, 2.75) is 27.7 Å². The van der Waals surface area contributed by atoms with Crippen molar-refractivity contribution in [1.82, 2.24) is 0 Å². The largest absolute Gasteiger partial charge is 0.457 e. The molecular formula is C17H20Cl2O2. The molecule has 2 nitrogen and oxygen atoms in total. The Morgan fingerprint density at radius 2 is 1.43 bits per heavy atom. The summed E-state index contributed by atoms with van der Waals surface area (Å²) in [6, 6.07) is 12.8. The average Bonchev–Trinajstić information content (AvgIpc) is 2.48. The van der Waals surface area contributed by atoms with E-state index in [0.717, 1.165) is 23.3 Å². The van der Waals surface area contributed by atoms with E-state index in [9.17, 15) is 0 Å². The monoisotopic (exact) mass is 326 g/mol. The minimum absolute atomic E-state index is 0.689. The first-order chi connectivity index (χ1) is 10.1. The lowest BCUT2D eigenvalue weighted by atomic mass is 10.2. The molecule has 0 amide bonds. The van der Waals surface area contributed by atoms with Crippen molar-refractivity contribution in [3.8, 4) is 11.5 Å². The zero-order valence-electron chi connectivity index (χ0n) is 12.7. The van der Waals surface area contributed by atoms with Gasteiger partial charge in [0.15, 0.2) is 0 Å². The van der Waals surface area contributed by atoms with Crippen LogP contribution < -0.4 is 4.74 Å². The van der Waals surface area contributed by atoms with Crippen molar-refractivity contribution in [3.63, 3.8) is 0 Å². The van der Waals surface area contributed by atoms with Crippen LogP contribution in [0.2, 0.25) is 10.0 Å². The van der Waals surface area contributed by atoms with Crippen molar-refractivity contribution < 1.29 is 9.53 Å². The van der Waals surface area contributed by atoms with Crippen LogP contribution in [0.3, 0.4) is 0 Å². The third-order valence-corrected chi connectivity index (χ3v) is 2.85. The Balaban J connectivity index is 0.000000713. The van der Waals surface area contributed by atoms with E-state index in [4.69, 9.17) is 32.7 Å². The topological polar surface area (TPSA) is 26.3 Å². The van der Waals surface area contributed by atoms with Crippen LogP contribution in [0.15, 0.2) is 42.5 Å². The predicted molar refractivity (Wildman–Crippen MR) is 90.8 cm³/mol. The van der Waals surface area contributed by atoms with Crippen LogP contribution in [0.1, 0.15) is 26.3 Å². The number of benzene rings is 2. The van der Waals surface area contributed by atoms with Crippen LogP contribution in [-0.4, -0.2) is 6.29 Å². The molecule has 4 heteroatoms. The highest BCUT2D eigenvalue weighted by Crippen LogP contribution is 2.27. The molecular weight excluding hydrogens is 307 g/mol. The molecule has 0 saturated heterocycles. The molecule has 0 heterocycles. The molecule has 0 aliphatic heterocycles. The quantitative estimate of drug-likeness (QED) is 0.603. The van der Waals surface area contributed by atoms with E-state index in [1.54, 1.807) is 18.2 Å².